The molecule has 1 aliphatic heterocycles. The molecular weight excluding hydrogens is 213 g/mol. The topological polar surface area (TPSA) is 12.0 Å². The Morgan fingerprint density at radius 2 is 2.12 bits per heavy atom. The molecule has 0 bridgehead atoms. The minimum Gasteiger partial charge on any atom is -0.316 e. The van der Waals surface area contributed by atoms with E-state index >= 15 is 4.39 Å². The van der Waals surface area contributed by atoms with Gasteiger partial charge in [0.25, 0.3) is 0 Å². The average molecular weight is 235 g/mol. The van der Waals surface area contributed by atoms with Crippen molar-refractivity contribution in [3.05, 3.63) is 34.9 Å². The van der Waals surface area contributed by atoms with Crippen LogP contribution >= 0.6 is 0 Å². The van der Waals surface area contributed by atoms with E-state index in [-0.39, 0.29) is 5.92 Å². The molecule has 0 aliphatic carbocycles. The summed E-state index contributed by atoms with van der Waals surface area (Å²) in [7, 11) is 0. The Bertz CT molecular complexity index is 392. The molecule has 1 heterocycles. The zero-order valence-electron chi connectivity index (χ0n) is 11.0. The van der Waals surface area contributed by atoms with Gasteiger partial charge in [-0.1, -0.05) is 18.2 Å². The summed E-state index contributed by atoms with van der Waals surface area (Å²) < 4.78 is 15.1. The van der Waals surface area contributed by atoms with E-state index in [0.29, 0.717) is 0 Å². The van der Waals surface area contributed by atoms with Crippen LogP contribution in [0.1, 0.15) is 36.5 Å². The van der Waals surface area contributed by atoms with Crippen LogP contribution in [0.25, 0.3) is 0 Å². The Kier molecular flexibility index (Phi) is 3.53. The first kappa shape index (κ1) is 12.6. The number of aryl methyl sites for hydroxylation is 1. The van der Waals surface area contributed by atoms with Crippen molar-refractivity contribution in [3.8, 4) is 0 Å². The highest BCUT2D eigenvalue weighted by molar-refractivity contribution is 5.37. The number of hydrogen-bond acceptors (Lipinski definition) is 1. The number of rotatable bonds is 2. The third kappa shape index (κ3) is 2.37. The van der Waals surface area contributed by atoms with Gasteiger partial charge in [-0.2, -0.15) is 0 Å². The lowest BCUT2D eigenvalue weighted by atomic mass is 9.78. The highest BCUT2D eigenvalue weighted by atomic mass is 19.1. The molecule has 2 rings (SSSR count). The highest BCUT2D eigenvalue weighted by Crippen LogP contribution is 2.39. The van der Waals surface area contributed by atoms with E-state index in [1.807, 2.05) is 32.0 Å². The summed E-state index contributed by atoms with van der Waals surface area (Å²) in [5, 5.41) is 3.30. The van der Waals surface area contributed by atoms with E-state index in [1.165, 1.54) is 5.56 Å². The fraction of sp³-hybridized carbons (Fsp3) is 0.600. The molecule has 1 aliphatic rings. The van der Waals surface area contributed by atoms with Gasteiger partial charge in [0.05, 0.1) is 0 Å². The average Bonchev–Trinajstić information content (AvgIpc) is 2.33. The van der Waals surface area contributed by atoms with Gasteiger partial charge in [0.1, 0.15) is 5.67 Å². The van der Waals surface area contributed by atoms with Gasteiger partial charge in [0.2, 0.25) is 0 Å². The molecule has 17 heavy (non-hydrogen) atoms. The fourth-order valence-electron chi connectivity index (χ4n) is 2.82. The number of nitrogens with one attached hydrogen (secondary N) is 1. The second-order valence-electron chi connectivity index (χ2n) is 5.37. The molecule has 1 N–H and O–H groups in total. The van der Waals surface area contributed by atoms with Crippen molar-refractivity contribution in [2.75, 3.05) is 13.1 Å². The van der Waals surface area contributed by atoms with E-state index in [2.05, 4.69) is 5.32 Å². The molecule has 0 amide bonds. The molecule has 2 atom stereocenters. The van der Waals surface area contributed by atoms with Crippen LogP contribution in [0, 0.1) is 19.8 Å². The minimum absolute atomic E-state index is 0.0942. The lowest BCUT2D eigenvalue weighted by Crippen LogP contribution is -2.40. The van der Waals surface area contributed by atoms with Gasteiger partial charge in [-0.25, -0.2) is 4.39 Å². The van der Waals surface area contributed by atoms with Crippen molar-refractivity contribution >= 4 is 0 Å². The van der Waals surface area contributed by atoms with Crippen molar-refractivity contribution < 1.29 is 4.39 Å². The molecule has 1 aromatic carbocycles. The molecule has 1 aromatic rings. The van der Waals surface area contributed by atoms with E-state index in [1.54, 1.807) is 6.92 Å². The molecule has 2 unspecified atom stereocenters. The van der Waals surface area contributed by atoms with Crippen molar-refractivity contribution in [2.45, 2.75) is 39.3 Å². The van der Waals surface area contributed by atoms with Crippen molar-refractivity contribution in [1.82, 2.24) is 5.32 Å². The summed E-state index contributed by atoms with van der Waals surface area (Å²) in [4.78, 5) is 0. The Balaban J connectivity index is 2.32. The van der Waals surface area contributed by atoms with Crippen LogP contribution < -0.4 is 5.32 Å². The Hall–Kier alpha value is -0.890. The molecule has 0 radical (unpaired) electrons. The minimum atomic E-state index is -1.22. The molecule has 2 heteroatoms. The molecule has 1 saturated heterocycles. The zero-order valence-corrected chi connectivity index (χ0v) is 11.0. The number of alkyl halides is 1. The maximum atomic E-state index is 15.1. The van der Waals surface area contributed by atoms with Gasteiger partial charge in [0.15, 0.2) is 0 Å². The highest BCUT2D eigenvalue weighted by Gasteiger charge is 2.37. The molecular formula is C15H22FN. The maximum absolute atomic E-state index is 15.1. The largest absolute Gasteiger partial charge is 0.316 e. The van der Waals surface area contributed by atoms with E-state index in [9.17, 15) is 0 Å². The van der Waals surface area contributed by atoms with Crippen LogP contribution in [0.15, 0.2) is 18.2 Å². The van der Waals surface area contributed by atoms with Crippen LogP contribution in [-0.2, 0) is 5.67 Å². The predicted molar refractivity (Wildman–Crippen MR) is 70.0 cm³/mol. The van der Waals surface area contributed by atoms with Crippen molar-refractivity contribution in [1.29, 1.82) is 0 Å². The number of halogens is 1. The predicted octanol–water partition coefficient (Wildman–Crippen LogP) is 3.49. The van der Waals surface area contributed by atoms with Gasteiger partial charge in [-0.15, -0.1) is 0 Å². The van der Waals surface area contributed by atoms with E-state index in [4.69, 9.17) is 0 Å². The fourth-order valence-corrected chi connectivity index (χ4v) is 2.82. The van der Waals surface area contributed by atoms with Crippen LogP contribution in [-0.4, -0.2) is 13.1 Å². The van der Waals surface area contributed by atoms with Crippen LogP contribution in [0.3, 0.4) is 0 Å². The Morgan fingerprint density at radius 1 is 1.35 bits per heavy atom. The van der Waals surface area contributed by atoms with Crippen molar-refractivity contribution in [2.24, 2.45) is 5.92 Å². The SMILES string of the molecule is Cc1cccc(C(C)(F)C2CCCNC2)c1C. The first-order chi connectivity index (χ1) is 8.03. The normalized spacial score (nSPS) is 24.4. The van der Waals surface area contributed by atoms with Gasteiger partial charge in [-0.3, -0.25) is 0 Å². The third-order valence-corrected chi connectivity index (χ3v) is 4.19. The monoisotopic (exact) mass is 235 g/mol. The second kappa shape index (κ2) is 4.77. The maximum Gasteiger partial charge on any atom is 0.137 e. The number of hydrogen-bond donors (Lipinski definition) is 1. The smallest absolute Gasteiger partial charge is 0.137 e. The molecule has 0 spiro atoms. The Labute approximate surface area is 103 Å². The van der Waals surface area contributed by atoms with Crippen LogP contribution in [0.5, 0.6) is 0 Å². The van der Waals surface area contributed by atoms with Gasteiger partial charge >= 0.3 is 0 Å². The number of benzene rings is 1. The summed E-state index contributed by atoms with van der Waals surface area (Å²) in [6.07, 6.45) is 2.06. The molecule has 1 fully saturated rings. The van der Waals surface area contributed by atoms with Crippen molar-refractivity contribution in [3.63, 3.8) is 0 Å². The lowest BCUT2D eigenvalue weighted by Gasteiger charge is -2.35. The standard InChI is InChI=1S/C15H22FN/c1-11-6-4-8-14(12(11)2)15(3,16)13-7-5-9-17-10-13/h4,6,8,13,17H,5,7,9-10H2,1-3H3. The van der Waals surface area contributed by atoms with E-state index in [0.717, 1.165) is 37.1 Å². The first-order valence-electron chi connectivity index (χ1n) is 6.50. The van der Waals surface area contributed by atoms with Gasteiger partial charge in [0, 0.05) is 12.5 Å². The van der Waals surface area contributed by atoms with Gasteiger partial charge < -0.3 is 5.32 Å². The summed E-state index contributed by atoms with van der Waals surface area (Å²) in [5.41, 5.74) is 1.92. The van der Waals surface area contributed by atoms with E-state index < -0.39 is 5.67 Å². The molecule has 1 nitrogen and oxygen atoms in total. The molecule has 94 valence electrons. The Morgan fingerprint density at radius 3 is 2.76 bits per heavy atom. The summed E-state index contributed by atoms with van der Waals surface area (Å²) in [6, 6.07) is 5.96. The third-order valence-electron chi connectivity index (χ3n) is 4.19. The first-order valence-corrected chi connectivity index (χ1v) is 6.50. The van der Waals surface area contributed by atoms with Crippen LogP contribution in [0.2, 0.25) is 0 Å². The molecule has 0 aromatic heterocycles. The van der Waals surface area contributed by atoms with Gasteiger partial charge in [-0.05, 0) is 56.8 Å². The summed E-state index contributed by atoms with van der Waals surface area (Å²) in [5.74, 6) is 0.0942. The lowest BCUT2D eigenvalue weighted by molar-refractivity contribution is 0.0804. The second-order valence-corrected chi connectivity index (χ2v) is 5.37. The summed E-state index contributed by atoms with van der Waals surface area (Å²) >= 11 is 0. The zero-order chi connectivity index (χ0) is 12.5. The van der Waals surface area contributed by atoms with Crippen LogP contribution in [0.4, 0.5) is 4.39 Å². The summed E-state index contributed by atoms with van der Waals surface area (Å²) in [6.45, 7) is 7.64. The number of piperidine rings is 1. The quantitative estimate of drug-likeness (QED) is 0.827. The molecule has 0 saturated carbocycles.